The van der Waals surface area contributed by atoms with Crippen molar-refractivity contribution in [1.29, 1.82) is 0 Å². The van der Waals surface area contributed by atoms with Gasteiger partial charge < -0.3 is 24.4 Å². The molecule has 1 aromatic carbocycles. The number of carbonyl (C=O) groups excluding carboxylic acids is 3. The van der Waals surface area contributed by atoms with E-state index in [0.717, 1.165) is 0 Å². The van der Waals surface area contributed by atoms with E-state index in [1.165, 1.54) is 9.80 Å². The van der Waals surface area contributed by atoms with E-state index in [4.69, 9.17) is 21.1 Å². The molecular weight excluding hydrogens is 528 g/mol. The number of para-hydroxylation sites is 1. The van der Waals surface area contributed by atoms with Crippen LogP contribution in [0.3, 0.4) is 0 Å². The van der Waals surface area contributed by atoms with Crippen LogP contribution in [0.1, 0.15) is 19.8 Å². The fourth-order valence-electron chi connectivity index (χ4n) is 5.65. The lowest BCUT2D eigenvalue weighted by Crippen LogP contribution is -2.57. The second kappa shape index (κ2) is 9.97. The number of halogens is 2. The number of anilines is 1. The molecule has 1 aromatic rings. The Kier molecular flexibility index (Phi) is 7.38. The number of hydrogen-bond acceptors (Lipinski definition) is 6. The number of esters is 1. The van der Waals surface area contributed by atoms with Crippen LogP contribution in [0.25, 0.3) is 0 Å². The van der Waals surface area contributed by atoms with Crippen LogP contribution in [0.2, 0.25) is 5.02 Å². The van der Waals surface area contributed by atoms with Crippen LogP contribution < -0.4 is 4.90 Å². The zero-order chi connectivity index (χ0) is 24.6. The van der Waals surface area contributed by atoms with E-state index >= 15 is 0 Å². The monoisotopic (exact) mass is 554 g/mol. The predicted octanol–water partition coefficient (Wildman–Crippen LogP) is 2.55. The van der Waals surface area contributed by atoms with Gasteiger partial charge in [0.15, 0.2) is 0 Å². The molecule has 0 radical (unpaired) electrons. The number of rotatable bonds is 9. The number of hydrogen-bond donors (Lipinski definition) is 1. The molecular formula is C24H28BrClN2O6. The number of aliphatic hydroxyl groups is 1. The van der Waals surface area contributed by atoms with Gasteiger partial charge in [0.1, 0.15) is 11.6 Å². The lowest BCUT2D eigenvalue weighted by Gasteiger charge is -2.37. The molecule has 3 aliphatic heterocycles. The van der Waals surface area contributed by atoms with Crippen molar-refractivity contribution in [2.45, 2.75) is 42.3 Å². The third-order valence-corrected chi connectivity index (χ3v) is 8.02. The summed E-state index contributed by atoms with van der Waals surface area (Å²) in [5.41, 5.74) is -0.700. The van der Waals surface area contributed by atoms with Crippen molar-refractivity contribution in [3.63, 3.8) is 0 Å². The average molecular weight is 556 g/mol. The summed E-state index contributed by atoms with van der Waals surface area (Å²) >= 11 is 10.0. The SMILES string of the molecule is C=CCN(C(=O)[C@@H]1N(CCCO)C(=O)[C@H]2[C@H](C(=O)OCC)[C@H]3O[C@@]12CC3Br)c1ccccc1Cl. The van der Waals surface area contributed by atoms with Crippen molar-refractivity contribution in [2.75, 3.05) is 31.2 Å². The predicted molar refractivity (Wildman–Crippen MR) is 130 cm³/mol. The van der Waals surface area contributed by atoms with Gasteiger partial charge in [-0.1, -0.05) is 45.7 Å². The Balaban J connectivity index is 1.80. The molecule has 3 aliphatic rings. The molecule has 3 saturated heterocycles. The molecule has 184 valence electrons. The number of likely N-dealkylation sites (tertiary alicyclic amines) is 1. The summed E-state index contributed by atoms with van der Waals surface area (Å²) in [5, 5.41) is 9.84. The maximum atomic E-state index is 14.2. The standard InChI is InChI=1S/C24H28BrClN2O6/c1-3-10-27(16-9-6-5-8-15(16)26)22(31)20-24-13-14(25)19(34-24)17(23(32)33-4-2)18(24)21(30)28(20)11-7-12-29/h3,5-6,8-9,14,17-20,29H,1,4,7,10-13H2,2H3/t14?,17-,18+,19-,20-,24+/m0/s1. The van der Waals surface area contributed by atoms with Gasteiger partial charge in [0, 0.05) is 24.5 Å². The molecule has 1 unspecified atom stereocenters. The number of carbonyl (C=O) groups is 3. The molecule has 0 aromatic heterocycles. The van der Waals surface area contributed by atoms with Crippen LogP contribution in [-0.2, 0) is 23.9 Å². The van der Waals surface area contributed by atoms with Crippen LogP contribution in [0.15, 0.2) is 36.9 Å². The molecule has 4 rings (SSSR count). The first-order valence-corrected chi connectivity index (χ1v) is 12.7. The molecule has 2 bridgehead atoms. The Hall–Kier alpha value is -1.94. The highest BCUT2D eigenvalue weighted by Crippen LogP contribution is 2.60. The number of nitrogens with zero attached hydrogens (tertiary/aromatic N) is 2. The summed E-state index contributed by atoms with van der Waals surface area (Å²) < 4.78 is 11.7. The van der Waals surface area contributed by atoms with Crippen molar-refractivity contribution in [3.8, 4) is 0 Å². The van der Waals surface area contributed by atoms with Crippen LogP contribution in [0, 0.1) is 11.8 Å². The first kappa shape index (κ1) is 25.2. The Bertz CT molecular complexity index is 992. The van der Waals surface area contributed by atoms with Crippen molar-refractivity contribution in [2.24, 2.45) is 11.8 Å². The van der Waals surface area contributed by atoms with Crippen molar-refractivity contribution < 1.29 is 29.0 Å². The Morgan fingerprint density at radius 1 is 1.44 bits per heavy atom. The molecule has 10 heteroatoms. The highest BCUT2D eigenvalue weighted by Gasteiger charge is 2.77. The van der Waals surface area contributed by atoms with Gasteiger partial charge in [0.25, 0.3) is 5.91 Å². The van der Waals surface area contributed by atoms with Crippen LogP contribution in [0.5, 0.6) is 0 Å². The molecule has 1 spiro atoms. The molecule has 6 atom stereocenters. The molecule has 3 fully saturated rings. The topological polar surface area (TPSA) is 96.4 Å². The fourth-order valence-corrected chi connectivity index (χ4v) is 6.83. The van der Waals surface area contributed by atoms with Crippen molar-refractivity contribution >= 4 is 51.0 Å². The smallest absolute Gasteiger partial charge is 0.312 e. The van der Waals surface area contributed by atoms with Gasteiger partial charge in [0.2, 0.25) is 5.91 Å². The molecule has 0 saturated carbocycles. The van der Waals surface area contributed by atoms with E-state index in [0.29, 0.717) is 17.1 Å². The Labute approximate surface area is 211 Å². The maximum absolute atomic E-state index is 14.2. The average Bonchev–Trinajstić information content (AvgIpc) is 3.40. The van der Waals surface area contributed by atoms with E-state index < -0.39 is 35.6 Å². The van der Waals surface area contributed by atoms with Gasteiger partial charge in [-0.25, -0.2) is 0 Å². The third kappa shape index (κ3) is 3.86. The van der Waals surface area contributed by atoms with E-state index in [1.54, 1.807) is 37.3 Å². The number of ether oxygens (including phenoxy) is 2. The summed E-state index contributed by atoms with van der Waals surface area (Å²) in [5.74, 6) is -2.85. The molecule has 2 amide bonds. The lowest BCUT2D eigenvalue weighted by molar-refractivity contribution is -0.154. The molecule has 8 nitrogen and oxygen atoms in total. The van der Waals surface area contributed by atoms with Gasteiger partial charge in [-0.05, 0) is 31.9 Å². The van der Waals surface area contributed by atoms with Gasteiger partial charge in [-0.15, -0.1) is 6.58 Å². The number of aliphatic hydroxyl groups excluding tert-OH is 1. The second-order valence-corrected chi connectivity index (χ2v) is 10.3. The van der Waals surface area contributed by atoms with Gasteiger partial charge in [0.05, 0.1) is 35.3 Å². The zero-order valence-corrected chi connectivity index (χ0v) is 21.2. The summed E-state index contributed by atoms with van der Waals surface area (Å²) in [4.78, 5) is 43.6. The van der Waals surface area contributed by atoms with Crippen LogP contribution in [0.4, 0.5) is 5.69 Å². The summed E-state index contributed by atoms with van der Waals surface area (Å²) in [6.07, 6.45) is 1.70. The van der Waals surface area contributed by atoms with E-state index in [1.807, 2.05) is 0 Å². The number of amides is 2. The minimum absolute atomic E-state index is 0.144. The van der Waals surface area contributed by atoms with Crippen LogP contribution in [-0.4, -0.2) is 76.7 Å². The Morgan fingerprint density at radius 2 is 2.18 bits per heavy atom. The first-order valence-electron chi connectivity index (χ1n) is 11.4. The van der Waals surface area contributed by atoms with Gasteiger partial charge in [-0.3, -0.25) is 14.4 Å². The normalized spacial score (nSPS) is 31.5. The van der Waals surface area contributed by atoms with Gasteiger partial charge >= 0.3 is 5.97 Å². The quantitative estimate of drug-likeness (QED) is 0.286. The first-order chi connectivity index (χ1) is 16.3. The molecule has 3 heterocycles. The minimum Gasteiger partial charge on any atom is -0.466 e. The highest BCUT2D eigenvalue weighted by molar-refractivity contribution is 9.09. The van der Waals surface area contributed by atoms with Crippen LogP contribution >= 0.6 is 27.5 Å². The van der Waals surface area contributed by atoms with E-state index in [-0.39, 0.29) is 49.4 Å². The minimum atomic E-state index is -1.19. The Morgan fingerprint density at radius 3 is 2.82 bits per heavy atom. The lowest BCUT2D eigenvalue weighted by atomic mass is 9.70. The number of alkyl halides is 1. The number of fused-ring (bicyclic) bond motifs is 1. The van der Waals surface area contributed by atoms with E-state index in [9.17, 15) is 19.5 Å². The summed E-state index contributed by atoms with van der Waals surface area (Å²) in [6.45, 7) is 5.85. The fraction of sp³-hybridized carbons (Fsp3) is 0.542. The molecule has 34 heavy (non-hydrogen) atoms. The third-order valence-electron chi connectivity index (χ3n) is 6.86. The van der Waals surface area contributed by atoms with E-state index in [2.05, 4.69) is 22.5 Å². The summed E-state index contributed by atoms with van der Waals surface area (Å²) in [7, 11) is 0. The van der Waals surface area contributed by atoms with Crippen molar-refractivity contribution in [1.82, 2.24) is 4.90 Å². The highest BCUT2D eigenvalue weighted by atomic mass is 79.9. The second-order valence-electron chi connectivity index (χ2n) is 8.71. The van der Waals surface area contributed by atoms with Crippen molar-refractivity contribution in [3.05, 3.63) is 41.9 Å². The maximum Gasteiger partial charge on any atom is 0.312 e. The zero-order valence-electron chi connectivity index (χ0n) is 18.9. The molecule has 1 N–H and O–H groups in total. The van der Waals surface area contributed by atoms with Gasteiger partial charge in [-0.2, -0.15) is 0 Å². The molecule has 0 aliphatic carbocycles. The summed E-state index contributed by atoms with van der Waals surface area (Å²) in [6, 6.07) is 5.98. The largest absolute Gasteiger partial charge is 0.466 e. The number of benzene rings is 1.